The molecule has 0 aliphatic carbocycles. The number of anilines is 1. The summed E-state index contributed by atoms with van der Waals surface area (Å²) < 4.78 is 5.54. The van der Waals surface area contributed by atoms with Gasteiger partial charge in [0.25, 0.3) is 5.91 Å². The number of fused-ring (bicyclic) bond motifs is 1. The van der Waals surface area contributed by atoms with Crippen LogP contribution in [0.2, 0.25) is 0 Å². The lowest BCUT2D eigenvalue weighted by Crippen LogP contribution is -2.12. The molecule has 21 heavy (non-hydrogen) atoms. The Labute approximate surface area is 126 Å². The molecule has 0 bridgehead atoms. The SMILES string of the molecule is C/C(=C\c1cccs1)C(=O)Nc1cccc2nc(C)oc12. The van der Waals surface area contributed by atoms with Crippen LogP contribution in [0.25, 0.3) is 17.2 Å². The van der Waals surface area contributed by atoms with E-state index in [0.717, 1.165) is 10.4 Å². The summed E-state index contributed by atoms with van der Waals surface area (Å²) in [6.07, 6.45) is 1.87. The number of carbonyl (C=O) groups is 1. The fraction of sp³-hybridized carbons (Fsp3) is 0.125. The van der Waals surface area contributed by atoms with Gasteiger partial charge in [0.2, 0.25) is 0 Å². The van der Waals surface area contributed by atoms with Crippen molar-refractivity contribution in [1.82, 2.24) is 4.98 Å². The summed E-state index contributed by atoms with van der Waals surface area (Å²) in [5, 5.41) is 4.86. The van der Waals surface area contributed by atoms with Crippen molar-refractivity contribution in [3.63, 3.8) is 0 Å². The van der Waals surface area contributed by atoms with Crippen LogP contribution in [-0.4, -0.2) is 10.9 Å². The van der Waals surface area contributed by atoms with Gasteiger partial charge in [-0.05, 0) is 36.6 Å². The summed E-state index contributed by atoms with van der Waals surface area (Å²) in [4.78, 5) is 17.6. The lowest BCUT2D eigenvalue weighted by molar-refractivity contribution is -0.112. The number of thiophene rings is 1. The molecule has 0 spiro atoms. The largest absolute Gasteiger partial charge is 0.439 e. The van der Waals surface area contributed by atoms with Crippen molar-refractivity contribution in [1.29, 1.82) is 0 Å². The van der Waals surface area contributed by atoms with Gasteiger partial charge < -0.3 is 9.73 Å². The van der Waals surface area contributed by atoms with Crippen molar-refractivity contribution in [2.45, 2.75) is 13.8 Å². The number of carbonyl (C=O) groups excluding carboxylic acids is 1. The summed E-state index contributed by atoms with van der Waals surface area (Å²) in [6, 6.07) is 9.44. The van der Waals surface area contributed by atoms with Crippen molar-refractivity contribution in [2.24, 2.45) is 0 Å². The summed E-state index contributed by atoms with van der Waals surface area (Å²) >= 11 is 1.60. The molecule has 0 fully saturated rings. The number of nitrogens with one attached hydrogen (secondary N) is 1. The fourth-order valence-electron chi connectivity index (χ4n) is 2.03. The van der Waals surface area contributed by atoms with Gasteiger partial charge in [0.1, 0.15) is 5.52 Å². The number of aryl methyl sites for hydroxylation is 1. The van der Waals surface area contributed by atoms with E-state index in [1.165, 1.54) is 0 Å². The summed E-state index contributed by atoms with van der Waals surface area (Å²) in [5.74, 6) is 0.433. The molecule has 0 unspecified atom stereocenters. The maximum absolute atomic E-state index is 12.3. The van der Waals surface area contributed by atoms with Crippen LogP contribution in [0.5, 0.6) is 0 Å². The minimum Gasteiger partial charge on any atom is -0.439 e. The highest BCUT2D eigenvalue weighted by molar-refractivity contribution is 7.10. The van der Waals surface area contributed by atoms with E-state index in [1.54, 1.807) is 25.2 Å². The smallest absolute Gasteiger partial charge is 0.251 e. The number of hydrogen-bond donors (Lipinski definition) is 1. The number of oxazole rings is 1. The normalized spacial score (nSPS) is 11.8. The van der Waals surface area contributed by atoms with E-state index in [4.69, 9.17) is 4.42 Å². The number of benzene rings is 1. The molecule has 0 atom stereocenters. The maximum Gasteiger partial charge on any atom is 0.251 e. The molecular formula is C16H14N2O2S. The van der Waals surface area contributed by atoms with E-state index in [-0.39, 0.29) is 5.91 Å². The van der Waals surface area contributed by atoms with Gasteiger partial charge in [-0.15, -0.1) is 11.3 Å². The number of nitrogens with zero attached hydrogens (tertiary/aromatic N) is 1. The average molecular weight is 298 g/mol. The van der Waals surface area contributed by atoms with Crippen molar-refractivity contribution >= 4 is 40.1 Å². The Morgan fingerprint density at radius 3 is 2.95 bits per heavy atom. The molecule has 3 aromatic rings. The van der Waals surface area contributed by atoms with Crippen LogP contribution >= 0.6 is 11.3 Å². The molecule has 1 aromatic carbocycles. The Morgan fingerprint density at radius 1 is 1.33 bits per heavy atom. The van der Waals surface area contributed by atoms with Gasteiger partial charge in [-0.2, -0.15) is 0 Å². The first kappa shape index (κ1) is 13.6. The molecule has 2 heterocycles. The summed E-state index contributed by atoms with van der Waals surface area (Å²) in [6.45, 7) is 3.58. The molecule has 5 heteroatoms. The number of rotatable bonds is 3. The van der Waals surface area contributed by atoms with E-state index < -0.39 is 0 Å². The second-order valence-corrected chi connectivity index (χ2v) is 5.66. The third kappa shape index (κ3) is 2.87. The first-order valence-electron chi connectivity index (χ1n) is 6.53. The second-order valence-electron chi connectivity index (χ2n) is 4.68. The van der Waals surface area contributed by atoms with Crippen LogP contribution in [0.15, 0.2) is 45.7 Å². The molecule has 0 aliphatic rings. The molecule has 106 valence electrons. The van der Waals surface area contributed by atoms with Crippen LogP contribution in [0.3, 0.4) is 0 Å². The van der Waals surface area contributed by atoms with E-state index in [9.17, 15) is 4.79 Å². The lowest BCUT2D eigenvalue weighted by Gasteiger charge is -2.05. The van der Waals surface area contributed by atoms with E-state index in [0.29, 0.717) is 22.7 Å². The molecule has 1 N–H and O–H groups in total. The highest BCUT2D eigenvalue weighted by atomic mass is 32.1. The Bertz CT molecular complexity index is 816. The molecule has 4 nitrogen and oxygen atoms in total. The quantitative estimate of drug-likeness (QED) is 0.736. The molecule has 2 aromatic heterocycles. The topological polar surface area (TPSA) is 55.1 Å². The number of amides is 1. The molecule has 0 saturated heterocycles. The lowest BCUT2D eigenvalue weighted by atomic mass is 10.2. The number of aromatic nitrogens is 1. The summed E-state index contributed by atoms with van der Waals surface area (Å²) in [5.41, 5.74) is 2.63. The van der Waals surface area contributed by atoms with Gasteiger partial charge in [0, 0.05) is 17.4 Å². The van der Waals surface area contributed by atoms with E-state index in [2.05, 4.69) is 10.3 Å². The second kappa shape index (κ2) is 5.54. The maximum atomic E-state index is 12.3. The van der Waals surface area contributed by atoms with Crippen molar-refractivity contribution < 1.29 is 9.21 Å². The molecular weight excluding hydrogens is 284 g/mol. The van der Waals surface area contributed by atoms with Crippen LogP contribution in [-0.2, 0) is 4.79 Å². The van der Waals surface area contributed by atoms with Gasteiger partial charge in [0.15, 0.2) is 11.5 Å². The van der Waals surface area contributed by atoms with Crippen LogP contribution < -0.4 is 5.32 Å². The monoisotopic (exact) mass is 298 g/mol. The first-order chi connectivity index (χ1) is 10.1. The molecule has 0 saturated carbocycles. The van der Waals surface area contributed by atoms with Crippen molar-refractivity contribution in [3.8, 4) is 0 Å². The fourth-order valence-corrected chi connectivity index (χ4v) is 2.75. The van der Waals surface area contributed by atoms with Crippen molar-refractivity contribution in [2.75, 3.05) is 5.32 Å². The zero-order valence-electron chi connectivity index (χ0n) is 11.7. The summed E-state index contributed by atoms with van der Waals surface area (Å²) in [7, 11) is 0. The minimum absolute atomic E-state index is 0.148. The minimum atomic E-state index is -0.148. The highest BCUT2D eigenvalue weighted by Gasteiger charge is 2.11. The van der Waals surface area contributed by atoms with Gasteiger partial charge in [-0.25, -0.2) is 4.98 Å². The Morgan fingerprint density at radius 2 is 2.19 bits per heavy atom. The van der Waals surface area contributed by atoms with Crippen LogP contribution in [0.4, 0.5) is 5.69 Å². The number of hydrogen-bond acceptors (Lipinski definition) is 4. The van der Waals surface area contributed by atoms with E-state index >= 15 is 0 Å². The standard InChI is InChI=1S/C16H14N2O2S/c1-10(9-12-5-4-8-21-12)16(19)18-14-7-3-6-13-15(14)20-11(2)17-13/h3-9H,1-2H3,(H,18,19)/b10-9+. The van der Waals surface area contributed by atoms with Gasteiger partial charge in [-0.3, -0.25) is 4.79 Å². The molecule has 3 rings (SSSR count). The zero-order chi connectivity index (χ0) is 14.8. The van der Waals surface area contributed by atoms with E-state index in [1.807, 2.05) is 41.8 Å². The van der Waals surface area contributed by atoms with Crippen LogP contribution in [0.1, 0.15) is 17.7 Å². The Hall–Kier alpha value is -2.40. The zero-order valence-corrected chi connectivity index (χ0v) is 12.5. The average Bonchev–Trinajstić information content (AvgIpc) is 3.07. The van der Waals surface area contributed by atoms with Gasteiger partial charge in [-0.1, -0.05) is 12.1 Å². The highest BCUT2D eigenvalue weighted by Crippen LogP contribution is 2.24. The molecule has 0 aliphatic heterocycles. The Kier molecular flexibility index (Phi) is 3.58. The predicted molar refractivity (Wildman–Crippen MR) is 85.3 cm³/mol. The first-order valence-corrected chi connectivity index (χ1v) is 7.41. The van der Waals surface area contributed by atoms with Gasteiger partial charge in [0.05, 0.1) is 5.69 Å². The molecule has 0 radical (unpaired) electrons. The predicted octanol–water partition coefficient (Wildman–Crippen LogP) is 4.24. The van der Waals surface area contributed by atoms with Crippen molar-refractivity contribution in [3.05, 3.63) is 52.1 Å². The Balaban J connectivity index is 1.86. The third-order valence-corrected chi connectivity index (χ3v) is 3.85. The molecule has 1 amide bonds. The van der Waals surface area contributed by atoms with Crippen LogP contribution in [0, 0.1) is 6.92 Å². The third-order valence-electron chi connectivity index (χ3n) is 3.03. The number of para-hydroxylation sites is 1. The van der Waals surface area contributed by atoms with Gasteiger partial charge >= 0.3 is 0 Å².